The molecule has 9 nitrogen and oxygen atoms in total. The molecule has 3 rings (SSSR count). The van der Waals surface area contributed by atoms with Crippen molar-refractivity contribution in [3.8, 4) is 11.5 Å². The number of halogens is 2. The van der Waals surface area contributed by atoms with Crippen LogP contribution in [0, 0.1) is 0 Å². The molecule has 226 valence electrons. The molecule has 0 saturated heterocycles. The standard InChI is InChI=1S/C30H35Cl2N3O6S/c1-6-20(2)33-30(37)21(3)34(18-22-11-16-25(31)26(32)17-22)29(36)19-35(27-9-7-8-10-28(27)41-5)42(38,39)24-14-12-23(40-4)13-15-24/h7-17,20-21H,6,18-19H2,1-5H3,(H,33,37)/t20-,21+/m0/s1. The average Bonchev–Trinajstić information content (AvgIpc) is 2.99. The largest absolute Gasteiger partial charge is 0.497 e. The third-order valence-corrected chi connectivity index (χ3v) is 9.30. The summed E-state index contributed by atoms with van der Waals surface area (Å²) in [6.07, 6.45) is 0.695. The number of anilines is 1. The minimum atomic E-state index is -4.28. The zero-order valence-electron chi connectivity index (χ0n) is 24.1. The van der Waals surface area contributed by atoms with Gasteiger partial charge in [0.1, 0.15) is 24.1 Å². The Bertz CT molecular complexity index is 1500. The van der Waals surface area contributed by atoms with E-state index in [1.807, 2.05) is 13.8 Å². The van der Waals surface area contributed by atoms with E-state index < -0.39 is 28.5 Å². The number of benzene rings is 3. The fourth-order valence-electron chi connectivity index (χ4n) is 4.11. The fraction of sp³-hybridized carbons (Fsp3) is 0.333. The predicted molar refractivity (Wildman–Crippen MR) is 165 cm³/mol. The van der Waals surface area contributed by atoms with Gasteiger partial charge in [0.05, 0.1) is 34.8 Å². The topological polar surface area (TPSA) is 105 Å². The van der Waals surface area contributed by atoms with Gasteiger partial charge >= 0.3 is 0 Å². The lowest BCUT2D eigenvalue weighted by atomic mass is 10.1. The number of carbonyl (C=O) groups is 2. The monoisotopic (exact) mass is 635 g/mol. The highest BCUT2D eigenvalue weighted by atomic mass is 35.5. The van der Waals surface area contributed by atoms with Crippen molar-refractivity contribution in [2.75, 3.05) is 25.1 Å². The molecule has 0 bridgehead atoms. The minimum Gasteiger partial charge on any atom is -0.497 e. The third kappa shape index (κ3) is 7.87. The van der Waals surface area contributed by atoms with Crippen molar-refractivity contribution in [1.82, 2.24) is 10.2 Å². The molecular formula is C30H35Cl2N3O6S. The summed E-state index contributed by atoms with van der Waals surface area (Å²) in [5.41, 5.74) is 0.776. The molecule has 0 unspecified atom stereocenters. The summed E-state index contributed by atoms with van der Waals surface area (Å²) in [6, 6.07) is 16.2. The van der Waals surface area contributed by atoms with Crippen molar-refractivity contribution in [3.05, 3.63) is 82.3 Å². The molecule has 2 amide bonds. The highest BCUT2D eigenvalue weighted by molar-refractivity contribution is 7.92. The van der Waals surface area contributed by atoms with Crippen LogP contribution in [0.1, 0.15) is 32.8 Å². The first-order chi connectivity index (χ1) is 19.9. The molecule has 0 spiro atoms. The van der Waals surface area contributed by atoms with Gasteiger partial charge in [-0.05, 0) is 74.4 Å². The molecule has 0 saturated carbocycles. The second-order valence-electron chi connectivity index (χ2n) is 9.62. The van der Waals surface area contributed by atoms with Crippen molar-refractivity contribution >= 4 is 50.7 Å². The second kappa shape index (κ2) is 14.6. The highest BCUT2D eigenvalue weighted by Gasteiger charge is 2.34. The van der Waals surface area contributed by atoms with Crippen molar-refractivity contribution in [2.45, 2.75) is 50.7 Å². The van der Waals surface area contributed by atoms with Crippen molar-refractivity contribution < 1.29 is 27.5 Å². The molecule has 0 aromatic heterocycles. The Hall–Kier alpha value is -3.47. The number of carbonyl (C=O) groups excluding carboxylic acids is 2. The van der Waals surface area contributed by atoms with Gasteiger partial charge in [-0.3, -0.25) is 13.9 Å². The van der Waals surface area contributed by atoms with Crippen LogP contribution in [0.5, 0.6) is 11.5 Å². The summed E-state index contributed by atoms with van der Waals surface area (Å²) >= 11 is 12.3. The van der Waals surface area contributed by atoms with E-state index in [2.05, 4.69) is 5.32 Å². The number of para-hydroxylation sites is 2. The number of rotatable bonds is 13. The summed E-state index contributed by atoms with van der Waals surface area (Å²) in [6.45, 7) is 4.76. The normalized spacial score (nSPS) is 12.6. The number of sulfonamides is 1. The van der Waals surface area contributed by atoms with E-state index in [-0.39, 0.29) is 39.8 Å². The van der Waals surface area contributed by atoms with E-state index >= 15 is 0 Å². The third-order valence-electron chi connectivity index (χ3n) is 6.79. The van der Waals surface area contributed by atoms with Gasteiger partial charge in [0.15, 0.2) is 0 Å². The first-order valence-electron chi connectivity index (χ1n) is 13.3. The number of hydrogen-bond acceptors (Lipinski definition) is 6. The molecule has 3 aromatic carbocycles. The zero-order chi connectivity index (χ0) is 31.0. The molecule has 0 aliphatic carbocycles. The maximum Gasteiger partial charge on any atom is 0.264 e. The molecule has 42 heavy (non-hydrogen) atoms. The molecule has 2 atom stereocenters. The molecule has 1 N–H and O–H groups in total. The smallest absolute Gasteiger partial charge is 0.264 e. The number of nitrogens with one attached hydrogen (secondary N) is 1. The second-order valence-corrected chi connectivity index (χ2v) is 12.3. The van der Waals surface area contributed by atoms with Gasteiger partial charge in [0, 0.05) is 12.6 Å². The lowest BCUT2D eigenvalue weighted by Gasteiger charge is -2.32. The summed E-state index contributed by atoms with van der Waals surface area (Å²) in [7, 11) is -1.39. The highest BCUT2D eigenvalue weighted by Crippen LogP contribution is 2.33. The van der Waals surface area contributed by atoms with Crippen LogP contribution in [0.15, 0.2) is 71.6 Å². The number of nitrogens with zero attached hydrogens (tertiary/aromatic N) is 2. The lowest BCUT2D eigenvalue weighted by Crippen LogP contribution is -2.52. The Morgan fingerprint density at radius 1 is 0.929 bits per heavy atom. The molecule has 0 aliphatic heterocycles. The Balaban J connectivity index is 2.08. The minimum absolute atomic E-state index is 0.0207. The Labute approximate surface area is 257 Å². The van der Waals surface area contributed by atoms with Crippen LogP contribution in [-0.2, 0) is 26.2 Å². The molecular weight excluding hydrogens is 601 g/mol. The van der Waals surface area contributed by atoms with Crippen molar-refractivity contribution in [2.24, 2.45) is 0 Å². The maximum atomic E-state index is 14.1. The molecule has 3 aromatic rings. The SMILES string of the molecule is CC[C@H](C)NC(=O)[C@@H](C)N(Cc1ccc(Cl)c(Cl)c1)C(=O)CN(c1ccccc1OC)S(=O)(=O)c1ccc(OC)cc1. The van der Waals surface area contributed by atoms with E-state index in [0.29, 0.717) is 22.8 Å². The number of amides is 2. The fourth-order valence-corrected chi connectivity index (χ4v) is 5.85. The average molecular weight is 637 g/mol. The summed E-state index contributed by atoms with van der Waals surface area (Å²) < 4.78 is 39.7. The van der Waals surface area contributed by atoms with Gasteiger partial charge in [0.2, 0.25) is 11.8 Å². The summed E-state index contributed by atoms with van der Waals surface area (Å²) in [4.78, 5) is 28.5. The van der Waals surface area contributed by atoms with E-state index in [4.69, 9.17) is 32.7 Å². The maximum absolute atomic E-state index is 14.1. The summed E-state index contributed by atoms with van der Waals surface area (Å²) in [5.74, 6) is -0.265. The number of methoxy groups -OCH3 is 2. The molecule has 0 fully saturated rings. The molecule has 0 aliphatic rings. The van der Waals surface area contributed by atoms with Crippen LogP contribution < -0.4 is 19.1 Å². The van der Waals surface area contributed by atoms with Crippen LogP contribution in [0.4, 0.5) is 5.69 Å². The van der Waals surface area contributed by atoms with Gasteiger partial charge in [-0.25, -0.2) is 8.42 Å². The van der Waals surface area contributed by atoms with Crippen LogP contribution in [0.2, 0.25) is 10.0 Å². The molecule has 0 heterocycles. The van der Waals surface area contributed by atoms with Gasteiger partial charge in [-0.2, -0.15) is 0 Å². The van der Waals surface area contributed by atoms with Gasteiger partial charge in [-0.15, -0.1) is 0 Å². The van der Waals surface area contributed by atoms with Crippen LogP contribution in [0.25, 0.3) is 0 Å². The van der Waals surface area contributed by atoms with Crippen molar-refractivity contribution in [3.63, 3.8) is 0 Å². The Morgan fingerprint density at radius 3 is 2.19 bits per heavy atom. The first kappa shape index (κ1) is 33.0. The van der Waals surface area contributed by atoms with Gasteiger partial charge < -0.3 is 19.7 Å². The number of ether oxygens (including phenoxy) is 2. The Morgan fingerprint density at radius 2 is 1.60 bits per heavy atom. The van der Waals surface area contributed by atoms with E-state index in [0.717, 1.165) is 4.31 Å². The van der Waals surface area contributed by atoms with Crippen molar-refractivity contribution in [1.29, 1.82) is 0 Å². The van der Waals surface area contributed by atoms with Gasteiger partial charge in [-0.1, -0.05) is 48.3 Å². The van der Waals surface area contributed by atoms with E-state index in [1.54, 1.807) is 49.4 Å². The van der Waals surface area contributed by atoms with E-state index in [9.17, 15) is 18.0 Å². The zero-order valence-corrected chi connectivity index (χ0v) is 26.5. The van der Waals surface area contributed by atoms with Crippen LogP contribution >= 0.6 is 23.2 Å². The van der Waals surface area contributed by atoms with Crippen LogP contribution in [-0.4, -0.2) is 58.0 Å². The lowest BCUT2D eigenvalue weighted by molar-refractivity contribution is -0.139. The predicted octanol–water partition coefficient (Wildman–Crippen LogP) is 5.54. The molecule has 0 radical (unpaired) electrons. The van der Waals surface area contributed by atoms with Crippen LogP contribution in [0.3, 0.4) is 0 Å². The number of hydrogen-bond donors (Lipinski definition) is 1. The Kier molecular flexibility index (Phi) is 11.5. The summed E-state index contributed by atoms with van der Waals surface area (Å²) in [5, 5.41) is 3.53. The van der Waals surface area contributed by atoms with E-state index in [1.165, 1.54) is 43.4 Å². The van der Waals surface area contributed by atoms with Gasteiger partial charge in [0.25, 0.3) is 10.0 Å². The first-order valence-corrected chi connectivity index (χ1v) is 15.5. The quantitative estimate of drug-likeness (QED) is 0.264. The molecule has 12 heteroatoms.